The number of hydrogen-bond donors (Lipinski definition) is 2. The molecule has 0 radical (unpaired) electrons. The van der Waals surface area contributed by atoms with Gasteiger partial charge < -0.3 is 15.4 Å². The number of carbonyl (C=O) groups excluding carboxylic acids is 1. The van der Waals surface area contributed by atoms with Gasteiger partial charge in [0.25, 0.3) is 0 Å². The summed E-state index contributed by atoms with van der Waals surface area (Å²) < 4.78 is 4.87. The van der Waals surface area contributed by atoms with Crippen LogP contribution in [0.2, 0.25) is 0 Å². The van der Waals surface area contributed by atoms with Crippen molar-refractivity contribution in [2.24, 2.45) is 5.92 Å². The van der Waals surface area contributed by atoms with E-state index in [4.69, 9.17) is 4.74 Å². The van der Waals surface area contributed by atoms with Crippen molar-refractivity contribution in [3.05, 3.63) is 0 Å². The molecule has 4 nitrogen and oxygen atoms in total. The monoisotopic (exact) mass is 184 g/mol. The van der Waals surface area contributed by atoms with Gasteiger partial charge in [-0.15, -0.1) is 0 Å². The van der Waals surface area contributed by atoms with Crippen molar-refractivity contribution in [3.63, 3.8) is 0 Å². The number of carbonyl (C=O) groups is 1. The van der Waals surface area contributed by atoms with Crippen molar-refractivity contribution in [2.45, 2.75) is 25.3 Å². The van der Waals surface area contributed by atoms with Gasteiger partial charge in [-0.25, -0.2) is 4.79 Å². The molecule has 0 aromatic heterocycles. The highest BCUT2D eigenvalue weighted by Gasteiger charge is 2.52. The molecule has 0 aromatic rings. The maximum atomic E-state index is 11.2. The zero-order chi connectivity index (χ0) is 9.31. The number of alkyl carbamates (subject to hydrolysis) is 1. The number of nitrogens with one attached hydrogen (secondary N) is 2. The van der Waals surface area contributed by atoms with Crippen LogP contribution in [0.3, 0.4) is 0 Å². The van der Waals surface area contributed by atoms with Gasteiger partial charge in [0.05, 0.1) is 6.61 Å². The van der Waals surface area contributed by atoms with Crippen molar-refractivity contribution in [1.82, 2.24) is 10.6 Å². The lowest BCUT2D eigenvalue weighted by molar-refractivity contribution is 0.135. The fourth-order valence-electron chi connectivity index (χ4n) is 1.82. The van der Waals surface area contributed by atoms with E-state index < -0.39 is 0 Å². The molecule has 1 amide bonds. The average Bonchev–Trinajstić information content (AvgIpc) is 2.65. The minimum atomic E-state index is -0.258. The summed E-state index contributed by atoms with van der Waals surface area (Å²) in [5.41, 5.74) is 0.0809. The Hall–Kier alpha value is -0.770. The van der Waals surface area contributed by atoms with E-state index in [0.29, 0.717) is 12.5 Å². The summed E-state index contributed by atoms with van der Waals surface area (Å²) >= 11 is 0. The number of hydrogen-bond acceptors (Lipinski definition) is 3. The topological polar surface area (TPSA) is 50.4 Å². The van der Waals surface area contributed by atoms with Crippen molar-refractivity contribution >= 4 is 6.09 Å². The summed E-state index contributed by atoms with van der Waals surface area (Å²) in [6, 6.07) is 0. The molecule has 2 aliphatic rings. The van der Waals surface area contributed by atoms with E-state index in [9.17, 15) is 4.79 Å². The maximum absolute atomic E-state index is 11.2. The van der Waals surface area contributed by atoms with Crippen LogP contribution in [-0.2, 0) is 4.74 Å². The van der Waals surface area contributed by atoms with Gasteiger partial charge in [-0.3, -0.25) is 0 Å². The van der Waals surface area contributed by atoms with Gasteiger partial charge in [-0.05, 0) is 19.8 Å². The molecule has 2 rings (SSSR count). The lowest BCUT2D eigenvalue weighted by atomic mass is 9.91. The molecule has 1 aliphatic heterocycles. The highest BCUT2D eigenvalue weighted by atomic mass is 16.5. The summed E-state index contributed by atoms with van der Waals surface area (Å²) in [6.45, 7) is 4.34. The maximum Gasteiger partial charge on any atom is 0.407 e. The second kappa shape index (κ2) is 3.18. The van der Waals surface area contributed by atoms with Crippen LogP contribution in [0, 0.1) is 5.92 Å². The number of rotatable bonds is 3. The first-order valence-corrected chi connectivity index (χ1v) is 4.92. The molecule has 74 valence electrons. The van der Waals surface area contributed by atoms with Gasteiger partial charge in [0.1, 0.15) is 0 Å². The highest BCUT2D eigenvalue weighted by molar-refractivity contribution is 5.69. The lowest BCUT2D eigenvalue weighted by Crippen LogP contribution is -2.56. The van der Waals surface area contributed by atoms with Crippen LogP contribution in [0.4, 0.5) is 4.79 Å². The van der Waals surface area contributed by atoms with Crippen LogP contribution in [-0.4, -0.2) is 31.3 Å². The van der Waals surface area contributed by atoms with E-state index in [1.54, 1.807) is 0 Å². The normalized spacial score (nSPS) is 24.7. The van der Waals surface area contributed by atoms with Crippen molar-refractivity contribution in [2.75, 3.05) is 19.7 Å². The molecule has 2 fully saturated rings. The molecule has 0 bridgehead atoms. The third-order valence-corrected chi connectivity index (χ3v) is 2.98. The van der Waals surface area contributed by atoms with E-state index in [-0.39, 0.29) is 11.6 Å². The quantitative estimate of drug-likeness (QED) is 0.671. The smallest absolute Gasteiger partial charge is 0.407 e. The van der Waals surface area contributed by atoms with Gasteiger partial charge in [0, 0.05) is 24.5 Å². The fraction of sp³-hybridized carbons (Fsp3) is 0.889. The zero-order valence-corrected chi connectivity index (χ0v) is 7.93. The zero-order valence-electron chi connectivity index (χ0n) is 7.93. The molecule has 1 heterocycles. The Morgan fingerprint density at radius 3 is 2.69 bits per heavy atom. The summed E-state index contributed by atoms with van der Waals surface area (Å²) in [4.78, 5) is 11.2. The molecule has 0 spiro atoms. The van der Waals surface area contributed by atoms with Gasteiger partial charge in [0.2, 0.25) is 0 Å². The molecule has 1 aliphatic carbocycles. The second-order valence-electron chi connectivity index (χ2n) is 3.86. The van der Waals surface area contributed by atoms with E-state index >= 15 is 0 Å². The molecule has 1 saturated carbocycles. The summed E-state index contributed by atoms with van der Waals surface area (Å²) in [6.07, 6.45) is 1.96. The summed E-state index contributed by atoms with van der Waals surface area (Å²) in [5.74, 6) is 0.622. The van der Waals surface area contributed by atoms with Gasteiger partial charge in [-0.2, -0.15) is 0 Å². The Labute approximate surface area is 78.0 Å². The fourth-order valence-corrected chi connectivity index (χ4v) is 1.82. The van der Waals surface area contributed by atoms with E-state index in [0.717, 1.165) is 25.9 Å². The lowest BCUT2D eigenvalue weighted by Gasteiger charge is -2.35. The minimum Gasteiger partial charge on any atom is -0.450 e. The van der Waals surface area contributed by atoms with Crippen molar-refractivity contribution < 1.29 is 9.53 Å². The number of ether oxygens (including phenoxy) is 1. The van der Waals surface area contributed by atoms with Gasteiger partial charge >= 0.3 is 6.09 Å². The van der Waals surface area contributed by atoms with Gasteiger partial charge in [0.15, 0.2) is 0 Å². The molecule has 1 saturated heterocycles. The summed E-state index contributed by atoms with van der Waals surface area (Å²) in [5, 5.41) is 6.19. The van der Waals surface area contributed by atoms with Gasteiger partial charge in [-0.1, -0.05) is 0 Å². The second-order valence-corrected chi connectivity index (χ2v) is 3.86. The molecular weight excluding hydrogens is 168 g/mol. The molecule has 4 heteroatoms. The first-order chi connectivity index (χ1) is 6.27. The molecule has 0 atom stereocenters. The Morgan fingerprint density at radius 1 is 1.62 bits per heavy atom. The van der Waals surface area contributed by atoms with E-state index in [1.807, 2.05) is 6.92 Å². The predicted molar refractivity (Wildman–Crippen MR) is 48.5 cm³/mol. The Bertz CT molecular complexity index is 210. The standard InChI is InChI=1S/C9H16N2O2/c1-2-13-8(12)11-9(3-4-9)7-5-10-6-7/h7,10H,2-6H2,1H3,(H,11,12). The minimum absolute atomic E-state index is 0.0809. The molecule has 0 aromatic carbocycles. The predicted octanol–water partition coefficient (Wildman–Crippen LogP) is 0.484. The van der Waals surface area contributed by atoms with E-state index in [1.165, 1.54) is 0 Å². The molecule has 0 unspecified atom stereocenters. The molecule has 13 heavy (non-hydrogen) atoms. The third-order valence-electron chi connectivity index (χ3n) is 2.98. The first kappa shape index (κ1) is 8.81. The van der Waals surface area contributed by atoms with Crippen LogP contribution in [0.25, 0.3) is 0 Å². The van der Waals surface area contributed by atoms with Crippen molar-refractivity contribution in [3.8, 4) is 0 Å². The largest absolute Gasteiger partial charge is 0.450 e. The molecule has 2 N–H and O–H groups in total. The van der Waals surface area contributed by atoms with Crippen LogP contribution in [0.15, 0.2) is 0 Å². The Balaban J connectivity index is 1.82. The number of amides is 1. The first-order valence-electron chi connectivity index (χ1n) is 4.92. The van der Waals surface area contributed by atoms with Crippen LogP contribution < -0.4 is 10.6 Å². The van der Waals surface area contributed by atoms with Crippen LogP contribution in [0.5, 0.6) is 0 Å². The SMILES string of the molecule is CCOC(=O)NC1(C2CNC2)CC1. The third kappa shape index (κ3) is 1.63. The van der Waals surface area contributed by atoms with E-state index in [2.05, 4.69) is 10.6 Å². The highest BCUT2D eigenvalue weighted by Crippen LogP contribution is 2.43. The Kier molecular flexibility index (Phi) is 2.15. The van der Waals surface area contributed by atoms with Crippen LogP contribution >= 0.6 is 0 Å². The average molecular weight is 184 g/mol. The Morgan fingerprint density at radius 2 is 2.31 bits per heavy atom. The van der Waals surface area contributed by atoms with Crippen molar-refractivity contribution in [1.29, 1.82) is 0 Å². The van der Waals surface area contributed by atoms with Crippen LogP contribution in [0.1, 0.15) is 19.8 Å². The molecular formula is C9H16N2O2. The summed E-state index contributed by atoms with van der Waals surface area (Å²) in [7, 11) is 0.